The number of nitrogens with one attached hydrogen (secondary N) is 1. The van der Waals surface area contributed by atoms with Crippen molar-refractivity contribution >= 4 is 5.69 Å². The van der Waals surface area contributed by atoms with Crippen LogP contribution in [0.3, 0.4) is 0 Å². The minimum Gasteiger partial charge on any atom is -0.380 e. The number of alkyl halides is 3. The molecule has 1 atom stereocenters. The van der Waals surface area contributed by atoms with Gasteiger partial charge in [-0.2, -0.15) is 13.2 Å². The number of aromatic nitrogens is 1. The lowest BCUT2D eigenvalue weighted by atomic mass is 9.94. The second-order valence-corrected chi connectivity index (χ2v) is 4.51. The van der Waals surface area contributed by atoms with Gasteiger partial charge in [0.1, 0.15) is 5.69 Å². The summed E-state index contributed by atoms with van der Waals surface area (Å²) in [5, 5.41) is 3.10. The minimum absolute atomic E-state index is 0.307. The monoisotopic (exact) mass is 261 g/mol. The number of halogens is 3. The first-order valence-corrected chi connectivity index (χ1v) is 5.82. The molecule has 0 aromatic carbocycles. The summed E-state index contributed by atoms with van der Waals surface area (Å²) in [5.74, 6) is 0. The van der Waals surface area contributed by atoms with Crippen molar-refractivity contribution in [3.8, 4) is 0 Å². The molecule has 102 valence electrons. The smallest absolute Gasteiger partial charge is 0.380 e. The van der Waals surface area contributed by atoms with Crippen LogP contribution in [-0.4, -0.2) is 17.1 Å². The van der Waals surface area contributed by atoms with Gasteiger partial charge in [-0.15, -0.1) is 0 Å². The molecule has 3 N–H and O–H groups in total. The Morgan fingerprint density at radius 3 is 2.56 bits per heavy atom. The molecule has 18 heavy (non-hydrogen) atoms. The molecule has 0 fully saturated rings. The Morgan fingerprint density at radius 2 is 2.06 bits per heavy atom. The van der Waals surface area contributed by atoms with Crippen LogP contribution in [0.5, 0.6) is 0 Å². The maximum Gasteiger partial charge on any atom is 0.433 e. The van der Waals surface area contributed by atoms with Crippen LogP contribution in [0, 0.1) is 0 Å². The molecular weight excluding hydrogens is 243 g/mol. The molecule has 0 radical (unpaired) electrons. The van der Waals surface area contributed by atoms with E-state index in [9.17, 15) is 13.2 Å². The number of hydrogen-bond acceptors (Lipinski definition) is 3. The van der Waals surface area contributed by atoms with E-state index in [1.807, 2.05) is 13.8 Å². The van der Waals surface area contributed by atoms with Gasteiger partial charge in [-0.3, -0.25) is 4.98 Å². The summed E-state index contributed by atoms with van der Waals surface area (Å²) in [7, 11) is 0. The molecule has 0 aliphatic rings. The van der Waals surface area contributed by atoms with Gasteiger partial charge in [-0.25, -0.2) is 0 Å². The third kappa shape index (κ3) is 3.87. The van der Waals surface area contributed by atoms with Gasteiger partial charge in [0.15, 0.2) is 0 Å². The molecule has 0 bridgehead atoms. The fourth-order valence-electron chi connectivity index (χ4n) is 1.66. The van der Waals surface area contributed by atoms with E-state index in [1.165, 1.54) is 6.07 Å². The maximum atomic E-state index is 12.5. The Kier molecular flexibility index (Phi) is 4.56. The fourth-order valence-corrected chi connectivity index (χ4v) is 1.66. The summed E-state index contributed by atoms with van der Waals surface area (Å²) in [6, 6.07) is 2.55. The third-order valence-corrected chi connectivity index (χ3v) is 2.97. The van der Waals surface area contributed by atoms with Gasteiger partial charge in [0, 0.05) is 17.4 Å². The Hall–Kier alpha value is -1.30. The number of pyridine rings is 1. The molecular formula is C12H18F3N3. The molecule has 0 saturated carbocycles. The predicted molar refractivity (Wildman–Crippen MR) is 65.2 cm³/mol. The van der Waals surface area contributed by atoms with Crippen LogP contribution in [0.15, 0.2) is 18.3 Å². The Morgan fingerprint density at radius 1 is 1.39 bits per heavy atom. The summed E-state index contributed by atoms with van der Waals surface area (Å²) in [6.45, 7) is 4.39. The molecule has 0 spiro atoms. The van der Waals surface area contributed by atoms with Crippen molar-refractivity contribution in [1.29, 1.82) is 0 Å². The molecule has 1 aromatic heterocycles. The maximum absolute atomic E-state index is 12.5. The van der Waals surface area contributed by atoms with Gasteiger partial charge in [-0.1, -0.05) is 6.92 Å². The average molecular weight is 261 g/mol. The van der Waals surface area contributed by atoms with E-state index in [0.29, 0.717) is 18.7 Å². The van der Waals surface area contributed by atoms with Crippen LogP contribution in [0.1, 0.15) is 32.4 Å². The van der Waals surface area contributed by atoms with E-state index in [-0.39, 0.29) is 5.54 Å². The minimum atomic E-state index is -4.42. The van der Waals surface area contributed by atoms with E-state index in [4.69, 9.17) is 5.73 Å². The zero-order chi connectivity index (χ0) is 13.8. The summed E-state index contributed by atoms with van der Waals surface area (Å²) in [4.78, 5) is 3.32. The first-order valence-electron chi connectivity index (χ1n) is 5.82. The zero-order valence-corrected chi connectivity index (χ0v) is 10.5. The topological polar surface area (TPSA) is 50.9 Å². The highest BCUT2D eigenvalue weighted by molar-refractivity contribution is 5.46. The van der Waals surface area contributed by atoms with Crippen molar-refractivity contribution in [2.75, 3.05) is 11.9 Å². The van der Waals surface area contributed by atoms with Gasteiger partial charge in [0.05, 0.1) is 0 Å². The van der Waals surface area contributed by atoms with Crippen LogP contribution >= 0.6 is 0 Å². The Bertz CT molecular complexity index is 392. The predicted octanol–water partition coefficient (Wildman–Crippen LogP) is 3.03. The zero-order valence-electron chi connectivity index (χ0n) is 10.5. The van der Waals surface area contributed by atoms with E-state index >= 15 is 0 Å². The molecule has 0 aliphatic carbocycles. The van der Waals surface area contributed by atoms with Crippen LogP contribution in [0.2, 0.25) is 0 Å². The Balaban J connectivity index is 2.91. The third-order valence-electron chi connectivity index (χ3n) is 2.97. The lowest BCUT2D eigenvalue weighted by Crippen LogP contribution is -2.36. The highest BCUT2D eigenvalue weighted by atomic mass is 19.4. The quantitative estimate of drug-likeness (QED) is 0.856. The van der Waals surface area contributed by atoms with E-state index in [1.54, 1.807) is 0 Å². The van der Waals surface area contributed by atoms with Crippen LogP contribution in [-0.2, 0) is 6.18 Å². The number of nitrogens with two attached hydrogens (primary N) is 1. The summed E-state index contributed by atoms with van der Waals surface area (Å²) < 4.78 is 37.6. The van der Waals surface area contributed by atoms with Gasteiger partial charge in [0.25, 0.3) is 0 Å². The summed E-state index contributed by atoms with van der Waals surface area (Å²) in [5.41, 5.74) is 4.73. The summed E-state index contributed by atoms with van der Waals surface area (Å²) >= 11 is 0. The van der Waals surface area contributed by atoms with Crippen molar-refractivity contribution in [2.45, 2.75) is 38.4 Å². The second-order valence-electron chi connectivity index (χ2n) is 4.51. The SMILES string of the molecule is CCC(C)(CCN)Nc1ccnc(C(F)(F)F)c1. The van der Waals surface area contributed by atoms with Crippen LogP contribution in [0.25, 0.3) is 0 Å². The molecule has 6 heteroatoms. The van der Waals surface area contributed by atoms with Crippen molar-refractivity contribution in [3.05, 3.63) is 24.0 Å². The Labute approximate surface area is 105 Å². The van der Waals surface area contributed by atoms with Crippen molar-refractivity contribution in [2.24, 2.45) is 5.73 Å². The average Bonchev–Trinajstić information content (AvgIpc) is 2.28. The largest absolute Gasteiger partial charge is 0.433 e. The molecule has 1 aromatic rings. The normalized spacial score (nSPS) is 15.2. The first kappa shape index (κ1) is 14.8. The highest BCUT2D eigenvalue weighted by Gasteiger charge is 2.33. The number of anilines is 1. The lowest BCUT2D eigenvalue weighted by molar-refractivity contribution is -0.141. The van der Waals surface area contributed by atoms with E-state index < -0.39 is 11.9 Å². The summed E-state index contributed by atoms with van der Waals surface area (Å²) in [6.07, 6.45) is -1.81. The molecule has 1 heterocycles. The highest BCUT2D eigenvalue weighted by Crippen LogP contribution is 2.30. The number of rotatable bonds is 5. The molecule has 0 amide bonds. The van der Waals surface area contributed by atoms with E-state index in [2.05, 4.69) is 10.3 Å². The molecule has 3 nitrogen and oxygen atoms in total. The van der Waals surface area contributed by atoms with Crippen molar-refractivity contribution in [1.82, 2.24) is 4.98 Å². The molecule has 1 rings (SSSR count). The molecule has 0 saturated heterocycles. The standard InChI is InChI=1S/C12H18F3N3/c1-3-11(2,5-6-16)18-9-4-7-17-10(8-9)12(13,14)15/h4,7-8H,3,5-6,16H2,1-2H3,(H,17,18). The van der Waals surface area contributed by atoms with Crippen molar-refractivity contribution < 1.29 is 13.2 Å². The molecule has 0 aliphatic heterocycles. The number of hydrogen-bond donors (Lipinski definition) is 2. The van der Waals surface area contributed by atoms with E-state index in [0.717, 1.165) is 18.7 Å². The van der Waals surface area contributed by atoms with Gasteiger partial charge < -0.3 is 11.1 Å². The van der Waals surface area contributed by atoms with Gasteiger partial charge >= 0.3 is 6.18 Å². The van der Waals surface area contributed by atoms with Gasteiger partial charge in [0.2, 0.25) is 0 Å². The van der Waals surface area contributed by atoms with Crippen molar-refractivity contribution in [3.63, 3.8) is 0 Å². The fraction of sp³-hybridized carbons (Fsp3) is 0.583. The lowest BCUT2D eigenvalue weighted by Gasteiger charge is -2.30. The van der Waals surface area contributed by atoms with Gasteiger partial charge in [-0.05, 0) is 38.4 Å². The van der Waals surface area contributed by atoms with Crippen LogP contribution < -0.4 is 11.1 Å². The first-order chi connectivity index (χ1) is 8.30. The molecule has 1 unspecified atom stereocenters. The number of nitrogens with zero attached hydrogens (tertiary/aromatic N) is 1. The van der Waals surface area contributed by atoms with Crippen LogP contribution in [0.4, 0.5) is 18.9 Å². The second kappa shape index (κ2) is 5.56.